The molecule has 21 heavy (non-hydrogen) atoms. The molecule has 0 aliphatic rings. The zero-order valence-corrected chi connectivity index (χ0v) is 12.9. The van der Waals surface area contributed by atoms with Crippen LogP contribution < -0.4 is 15.6 Å². The number of aromatic nitrogens is 1. The van der Waals surface area contributed by atoms with Gasteiger partial charge in [-0.15, -0.1) is 0 Å². The van der Waals surface area contributed by atoms with Crippen LogP contribution >= 0.6 is 15.9 Å². The number of amides is 2. The van der Waals surface area contributed by atoms with Gasteiger partial charge in [0.1, 0.15) is 11.4 Å². The van der Waals surface area contributed by atoms with E-state index in [2.05, 4.69) is 31.8 Å². The highest BCUT2D eigenvalue weighted by Crippen LogP contribution is 2.17. The normalized spacial score (nSPS) is 10.0. The van der Waals surface area contributed by atoms with E-state index in [-0.39, 0.29) is 12.3 Å². The molecular weight excluding hydrogens is 338 g/mol. The number of para-hydroxylation sites is 1. The maximum atomic E-state index is 11.8. The molecule has 0 fully saturated rings. The molecule has 1 aromatic carbocycles. The second kappa shape index (κ2) is 6.94. The van der Waals surface area contributed by atoms with E-state index < -0.39 is 5.91 Å². The van der Waals surface area contributed by atoms with Gasteiger partial charge in [-0.05, 0) is 28.1 Å². The first-order valence-corrected chi connectivity index (χ1v) is 6.94. The Hall–Kier alpha value is -2.28. The number of methoxy groups -OCH3 is 1. The van der Waals surface area contributed by atoms with Crippen molar-refractivity contribution >= 4 is 27.7 Å². The van der Waals surface area contributed by atoms with Gasteiger partial charge < -0.3 is 9.72 Å². The number of aromatic amines is 1. The molecule has 0 saturated heterocycles. The number of hydrogen-bond donors (Lipinski definition) is 3. The zero-order chi connectivity index (χ0) is 15.2. The third-order valence-corrected chi connectivity index (χ3v) is 3.21. The molecule has 0 aliphatic heterocycles. The van der Waals surface area contributed by atoms with Gasteiger partial charge in [0.15, 0.2) is 0 Å². The van der Waals surface area contributed by atoms with Gasteiger partial charge in [-0.1, -0.05) is 18.2 Å². The van der Waals surface area contributed by atoms with Crippen LogP contribution in [0.3, 0.4) is 0 Å². The van der Waals surface area contributed by atoms with E-state index in [1.165, 1.54) is 0 Å². The Labute approximate surface area is 130 Å². The number of ether oxygens (including phenoxy) is 1. The molecule has 0 unspecified atom stereocenters. The van der Waals surface area contributed by atoms with Gasteiger partial charge >= 0.3 is 0 Å². The highest BCUT2D eigenvalue weighted by atomic mass is 79.9. The number of nitrogens with one attached hydrogen (secondary N) is 3. The molecule has 0 aliphatic carbocycles. The van der Waals surface area contributed by atoms with Crippen LogP contribution in [-0.4, -0.2) is 23.9 Å². The maximum absolute atomic E-state index is 11.8. The number of carbonyl (C=O) groups is 2. The summed E-state index contributed by atoms with van der Waals surface area (Å²) in [4.78, 5) is 26.3. The van der Waals surface area contributed by atoms with E-state index in [0.29, 0.717) is 11.4 Å². The van der Waals surface area contributed by atoms with Gasteiger partial charge in [-0.3, -0.25) is 20.4 Å². The highest BCUT2D eigenvalue weighted by molar-refractivity contribution is 9.10. The largest absolute Gasteiger partial charge is 0.496 e. The first-order valence-electron chi connectivity index (χ1n) is 6.15. The average Bonchev–Trinajstić information content (AvgIpc) is 2.92. The van der Waals surface area contributed by atoms with E-state index in [4.69, 9.17) is 4.74 Å². The third kappa shape index (κ3) is 4.09. The minimum Gasteiger partial charge on any atom is -0.496 e. The predicted molar refractivity (Wildman–Crippen MR) is 80.8 cm³/mol. The van der Waals surface area contributed by atoms with Gasteiger partial charge in [0.2, 0.25) is 5.91 Å². The third-order valence-electron chi connectivity index (χ3n) is 2.75. The van der Waals surface area contributed by atoms with Crippen LogP contribution in [0.15, 0.2) is 41.0 Å². The van der Waals surface area contributed by atoms with Gasteiger partial charge in [0.05, 0.1) is 13.5 Å². The molecule has 0 radical (unpaired) electrons. The van der Waals surface area contributed by atoms with Crippen LogP contribution in [0.1, 0.15) is 16.1 Å². The van der Waals surface area contributed by atoms with Crippen LogP contribution in [0.5, 0.6) is 5.75 Å². The summed E-state index contributed by atoms with van der Waals surface area (Å²) < 4.78 is 5.92. The van der Waals surface area contributed by atoms with Crippen molar-refractivity contribution in [3.63, 3.8) is 0 Å². The summed E-state index contributed by atoms with van der Waals surface area (Å²) >= 11 is 3.23. The van der Waals surface area contributed by atoms with Crippen LogP contribution in [0, 0.1) is 0 Å². The van der Waals surface area contributed by atoms with Crippen LogP contribution in [0.2, 0.25) is 0 Å². The van der Waals surface area contributed by atoms with Gasteiger partial charge in [0, 0.05) is 16.2 Å². The smallest absolute Gasteiger partial charge is 0.286 e. The number of halogens is 1. The summed E-state index contributed by atoms with van der Waals surface area (Å²) in [5.41, 5.74) is 5.79. The van der Waals surface area contributed by atoms with Gasteiger partial charge in [0.25, 0.3) is 5.91 Å². The number of rotatable bonds is 4. The van der Waals surface area contributed by atoms with Crippen LogP contribution in [-0.2, 0) is 11.2 Å². The van der Waals surface area contributed by atoms with Crippen molar-refractivity contribution < 1.29 is 14.3 Å². The van der Waals surface area contributed by atoms with Gasteiger partial charge in [-0.2, -0.15) is 0 Å². The molecule has 0 spiro atoms. The molecule has 110 valence electrons. The van der Waals surface area contributed by atoms with Crippen molar-refractivity contribution in [1.82, 2.24) is 15.8 Å². The van der Waals surface area contributed by atoms with Crippen molar-refractivity contribution in [3.05, 3.63) is 52.3 Å². The number of benzene rings is 1. The van der Waals surface area contributed by atoms with E-state index in [0.717, 1.165) is 10.0 Å². The lowest BCUT2D eigenvalue weighted by molar-refractivity contribution is -0.121. The molecule has 7 heteroatoms. The topological polar surface area (TPSA) is 83.2 Å². The van der Waals surface area contributed by atoms with E-state index in [1.54, 1.807) is 31.5 Å². The number of hydrazine groups is 1. The first kappa shape index (κ1) is 15.1. The van der Waals surface area contributed by atoms with E-state index >= 15 is 0 Å². The molecule has 1 aromatic heterocycles. The Balaban J connectivity index is 1.89. The second-order valence-corrected chi connectivity index (χ2v) is 5.14. The van der Waals surface area contributed by atoms with Crippen LogP contribution in [0.25, 0.3) is 0 Å². The molecule has 6 nitrogen and oxygen atoms in total. The molecule has 3 N–H and O–H groups in total. The average molecular weight is 352 g/mol. The molecule has 0 bridgehead atoms. The van der Waals surface area contributed by atoms with Crippen molar-refractivity contribution in [2.45, 2.75) is 6.42 Å². The number of carbonyl (C=O) groups excluding carboxylic acids is 2. The van der Waals surface area contributed by atoms with Crippen molar-refractivity contribution in [2.24, 2.45) is 0 Å². The molecule has 2 rings (SSSR count). The fourth-order valence-corrected chi connectivity index (χ4v) is 2.10. The van der Waals surface area contributed by atoms with Crippen molar-refractivity contribution in [1.29, 1.82) is 0 Å². The Kier molecular flexibility index (Phi) is 4.99. The van der Waals surface area contributed by atoms with E-state index in [1.807, 2.05) is 12.1 Å². The van der Waals surface area contributed by atoms with Crippen LogP contribution in [0.4, 0.5) is 0 Å². The predicted octanol–water partition coefficient (Wildman–Crippen LogP) is 1.79. The lowest BCUT2D eigenvalue weighted by atomic mass is 10.1. The summed E-state index contributed by atoms with van der Waals surface area (Å²) in [6.07, 6.45) is 1.74. The Morgan fingerprint density at radius 2 is 2.05 bits per heavy atom. The summed E-state index contributed by atoms with van der Waals surface area (Å²) in [5.74, 6) is -0.125. The Morgan fingerprint density at radius 1 is 1.29 bits per heavy atom. The summed E-state index contributed by atoms with van der Waals surface area (Å²) in [7, 11) is 1.54. The fourth-order valence-electron chi connectivity index (χ4n) is 1.76. The minimum absolute atomic E-state index is 0.110. The maximum Gasteiger partial charge on any atom is 0.286 e. The van der Waals surface area contributed by atoms with Crippen molar-refractivity contribution in [2.75, 3.05) is 7.11 Å². The van der Waals surface area contributed by atoms with Gasteiger partial charge in [-0.25, -0.2) is 0 Å². The van der Waals surface area contributed by atoms with Crippen molar-refractivity contribution in [3.8, 4) is 5.75 Å². The summed E-state index contributed by atoms with van der Waals surface area (Å²) in [6.45, 7) is 0. The molecular formula is C14H14BrN3O3. The zero-order valence-electron chi connectivity index (χ0n) is 11.3. The monoisotopic (exact) mass is 351 g/mol. The molecule has 2 aromatic rings. The lowest BCUT2D eigenvalue weighted by Crippen LogP contribution is -2.42. The lowest BCUT2D eigenvalue weighted by Gasteiger charge is -2.09. The summed E-state index contributed by atoms with van der Waals surface area (Å²) in [6, 6.07) is 8.83. The minimum atomic E-state index is -0.422. The molecule has 2 amide bonds. The second-order valence-electron chi connectivity index (χ2n) is 4.22. The molecule has 0 atom stereocenters. The number of hydrogen-bond acceptors (Lipinski definition) is 3. The number of H-pyrrole nitrogens is 1. The first-order chi connectivity index (χ1) is 10.1. The standard InChI is InChI=1S/C14H14BrN3O3/c1-21-12-5-3-2-4-9(12)6-13(19)17-18-14(20)11-7-10(15)8-16-11/h2-5,7-8,16H,6H2,1H3,(H,17,19)(H,18,20). The molecule has 0 saturated carbocycles. The molecule has 1 heterocycles. The van der Waals surface area contributed by atoms with E-state index in [9.17, 15) is 9.59 Å². The quantitative estimate of drug-likeness (QED) is 0.734. The summed E-state index contributed by atoms with van der Waals surface area (Å²) in [5, 5.41) is 0. The SMILES string of the molecule is COc1ccccc1CC(=O)NNC(=O)c1cc(Br)c[nH]1. The highest BCUT2D eigenvalue weighted by Gasteiger charge is 2.11. The Morgan fingerprint density at radius 3 is 2.71 bits per heavy atom. The fraction of sp³-hybridized carbons (Fsp3) is 0.143. The Bertz CT molecular complexity index is 654.